The minimum absolute atomic E-state index is 0.0965. The molecule has 0 fully saturated rings. The van der Waals surface area contributed by atoms with E-state index in [4.69, 9.17) is 11.6 Å². The first kappa shape index (κ1) is 16.9. The fourth-order valence-electron chi connectivity index (χ4n) is 1.55. The van der Waals surface area contributed by atoms with Gasteiger partial charge in [-0.1, -0.05) is 31.5 Å². The Balaban J connectivity index is 2.63. The number of hydrogen-bond acceptors (Lipinski definition) is 4. The van der Waals surface area contributed by atoms with Crippen LogP contribution in [0.25, 0.3) is 0 Å². The third-order valence-electron chi connectivity index (χ3n) is 2.65. The van der Waals surface area contributed by atoms with Crippen molar-refractivity contribution in [2.45, 2.75) is 13.8 Å². The van der Waals surface area contributed by atoms with E-state index < -0.39 is 16.5 Å². The van der Waals surface area contributed by atoms with E-state index in [1.807, 2.05) is 0 Å². The number of benzene rings is 1. The first-order valence-corrected chi connectivity index (χ1v) is 6.71. The summed E-state index contributed by atoms with van der Waals surface area (Å²) in [6.45, 7) is 3.92. The van der Waals surface area contributed by atoms with E-state index in [9.17, 15) is 19.7 Å². The maximum atomic E-state index is 11.9. The van der Waals surface area contributed by atoms with Gasteiger partial charge in [0, 0.05) is 19.0 Å². The lowest BCUT2D eigenvalue weighted by atomic mass is 10.1. The number of nitro benzene ring substituents is 1. The summed E-state index contributed by atoms with van der Waals surface area (Å²) in [6, 6.07) is 4.14. The maximum Gasteiger partial charge on any atom is 0.300 e. The summed E-state index contributed by atoms with van der Waals surface area (Å²) in [7, 11) is 0. The summed E-state index contributed by atoms with van der Waals surface area (Å²) in [4.78, 5) is 33.5. The van der Waals surface area contributed by atoms with Crippen LogP contribution in [0.2, 0.25) is 5.02 Å². The van der Waals surface area contributed by atoms with Crippen LogP contribution in [0.3, 0.4) is 0 Å². The largest absolute Gasteiger partial charge is 0.354 e. The highest BCUT2D eigenvalue weighted by Crippen LogP contribution is 2.27. The van der Waals surface area contributed by atoms with E-state index in [1.54, 1.807) is 13.8 Å². The van der Waals surface area contributed by atoms with E-state index in [0.29, 0.717) is 0 Å². The van der Waals surface area contributed by atoms with E-state index in [1.165, 1.54) is 18.2 Å². The second-order valence-electron chi connectivity index (χ2n) is 4.59. The normalized spacial score (nSPS) is 10.3. The van der Waals surface area contributed by atoms with Crippen molar-refractivity contribution in [3.8, 4) is 0 Å². The van der Waals surface area contributed by atoms with Gasteiger partial charge in [0.05, 0.1) is 4.92 Å². The molecule has 0 heterocycles. The number of hydrogen-bond donors (Lipinski definition) is 2. The Morgan fingerprint density at radius 3 is 2.48 bits per heavy atom. The van der Waals surface area contributed by atoms with E-state index in [2.05, 4.69) is 10.6 Å². The zero-order chi connectivity index (χ0) is 16.0. The van der Waals surface area contributed by atoms with Crippen molar-refractivity contribution in [3.63, 3.8) is 0 Å². The highest BCUT2D eigenvalue weighted by Gasteiger charge is 2.23. The number of nitrogens with zero attached hydrogens (tertiary/aromatic N) is 1. The van der Waals surface area contributed by atoms with Crippen LogP contribution >= 0.6 is 11.6 Å². The summed E-state index contributed by atoms with van der Waals surface area (Å²) in [5, 5.41) is 16.0. The Morgan fingerprint density at radius 2 is 1.90 bits per heavy atom. The Bertz CT molecular complexity index is 560. The highest BCUT2D eigenvalue weighted by atomic mass is 35.5. The van der Waals surface area contributed by atoms with Crippen LogP contribution in [0.1, 0.15) is 24.2 Å². The maximum absolute atomic E-state index is 11.9. The van der Waals surface area contributed by atoms with E-state index >= 15 is 0 Å². The first-order chi connectivity index (χ1) is 9.84. The molecule has 0 aliphatic carbocycles. The molecule has 1 aromatic carbocycles. The number of halogens is 1. The molecule has 7 nitrogen and oxygen atoms in total. The Labute approximate surface area is 126 Å². The molecule has 2 amide bonds. The van der Waals surface area contributed by atoms with Crippen molar-refractivity contribution in [2.24, 2.45) is 5.92 Å². The molecule has 0 aliphatic heterocycles. The van der Waals surface area contributed by atoms with Gasteiger partial charge in [0.25, 0.3) is 5.91 Å². The molecule has 0 aromatic heterocycles. The number of nitro groups is 1. The number of nitrogens with one attached hydrogen (secondary N) is 2. The van der Waals surface area contributed by atoms with Crippen molar-refractivity contribution >= 4 is 29.1 Å². The molecule has 8 heteroatoms. The van der Waals surface area contributed by atoms with Crippen molar-refractivity contribution in [1.29, 1.82) is 0 Å². The predicted molar refractivity (Wildman–Crippen MR) is 78.3 cm³/mol. The van der Waals surface area contributed by atoms with Gasteiger partial charge in [-0.2, -0.15) is 0 Å². The third kappa shape index (κ3) is 4.71. The molecular weight excluding hydrogens is 298 g/mol. The Hall–Kier alpha value is -2.15. The van der Waals surface area contributed by atoms with Crippen LogP contribution in [-0.4, -0.2) is 29.8 Å². The van der Waals surface area contributed by atoms with Crippen LogP contribution in [-0.2, 0) is 4.79 Å². The van der Waals surface area contributed by atoms with Crippen molar-refractivity contribution in [2.75, 3.05) is 13.1 Å². The fourth-order valence-corrected chi connectivity index (χ4v) is 1.79. The average molecular weight is 314 g/mol. The molecule has 114 valence electrons. The zero-order valence-corrected chi connectivity index (χ0v) is 12.4. The van der Waals surface area contributed by atoms with Crippen LogP contribution in [0, 0.1) is 16.0 Å². The monoisotopic (exact) mass is 313 g/mol. The molecule has 21 heavy (non-hydrogen) atoms. The van der Waals surface area contributed by atoms with Crippen molar-refractivity contribution in [1.82, 2.24) is 10.6 Å². The lowest BCUT2D eigenvalue weighted by Crippen LogP contribution is -2.36. The molecule has 2 N–H and O–H groups in total. The van der Waals surface area contributed by atoms with Crippen LogP contribution in [0.15, 0.2) is 18.2 Å². The van der Waals surface area contributed by atoms with Gasteiger partial charge < -0.3 is 10.6 Å². The SMILES string of the molecule is CC(C)C(=O)NCCNC(=O)c1cccc(Cl)c1[N+](=O)[O-]. The van der Waals surface area contributed by atoms with Crippen LogP contribution in [0.5, 0.6) is 0 Å². The summed E-state index contributed by atoms with van der Waals surface area (Å²) in [6.07, 6.45) is 0. The standard InChI is InChI=1S/C13H16ClN3O4/c1-8(2)12(18)15-6-7-16-13(19)9-4-3-5-10(14)11(9)17(20)21/h3-5,8H,6-7H2,1-2H3,(H,15,18)(H,16,19). The van der Waals surface area contributed by atoms with Crippen molar-refractivity contribution in [3.05, 3.63) is 38.9 Å². The van der Waals surface area contributed by atoms with Gasteiger partial charge >= 0.3 is 5.69 Å². The minimum Gasteiger partial charge on any atom is -0.354 e. The van der Waals surface area contributed by atoms with Gasteiger partial charge in [-0.05, 0) is 12.1 Å². The van der Waals surface area contributed by atoms with Gasteiger partial charge in [0.2, 0.25) is 5.91 Å². The lowest BCUT2D eigenvalue weighted by molar-refractivity contribution is -0.385. The van der Waals surface area contributed by atoms with E-state index in [-0.39, 0.29) is 35.5 Å². The Kier molecular flexibility index (Phi) is 6.10. The number of amides is 2. The molecule has 0 saturated carbocycles. The molecule has 1 aromatic rings. The predicted octanol–water partition coefficient (Wildman–Crippen LogP) is 1.75. The smallest absolute Gasteiger partial charge is 0.300 e. The number of carbonyl (C=O) groups excluding carboxylic acids is 2. The topological polar surface area (TPSA) is 101 Å². The van der Waals surface area contributed by atoms with E-state index in [0.717, 1.165) is 0 Å². The van der Waals surface area contributed by atoms with Crippen LogP contribution < -0.4 is 10.6 Å². The summed E-state index contributed by atoms with van der Waals surface area (Å²) < 4.78 is 0. The summed E-state index contributed by atoms with van der Waals surface area (Å²) in [5.74, 6) is -0.879. The summed E-state index contributed by atoms with van der Waals surface area (Å²) >= 11 is 5.73. The molecule has 0 atom stereocenters. The molecule has 0 bridgehead atoms. The molecule has 1 rings (SSSR count). The molecule has 0 saturated heterocycles. The van der Waals surface area contributed by atoms with Gasteiger partial charge in [-0.15, -0.1) is 0 Å². The molecule has 0 radical (unpaired) electrons. The summed E-state index contributed by atoms with van der Waals surface area (Å²) in [5.41, 5.74) is -0.537. The number of para-hydroxylation sites is 1. The molecular formula is C13H16ClN3O4. The lowest BCUT2D eigenvalue weighted by Gasteiger charge is -2.09. The first-order valence-electron chi connectivity index (χ1n) is 6.33. The van der Waals surface area contributed by atoms with Crippen LogP contribution in [0.4, 0.5) is 5.69 Å². The fraction of sp³-hybridized carbons (Fsp3) is 0.385. The quantitative estimate of drug-likeness (QED) is 0.474. The molecule has 0 spiro atoms. The minimum atomic E-state index is -0.697. The highest BCUT2D eigenvalue weighted by molar-refractivity contribution is 6.33. The third-order valence-corrected chi connectivity index (χ3v) is 2.95. The average Bonchev–Trinajstić information content (AvgIpc) is 2.42. The number of carbonyl (C=O) groups is 2. The van der Waals surface area contributed by atoms with Gasteiger partial charge in [0.1, 0.15) is 10.6 Å². The zero-order valence-electron chi connectivity index (χ0n) is 11.7. The molecule has 0 aliphatic rings. The molecule has 0 unspecified atom stereocenters. The second-order valence-corrected chi connectivity index (χ2v) is 5.00. The Morgan fingerprint density at radius 1 is 1.29 bits per heavy atom. The van der Waals surface area contributed by atoms with Gasteiger partial charge in [0.15, 0.2) is 0 Å². The second kappa shape index (κ2) is 7.58. The van der Waals surface area contributed by atoms with Crippen molar-refractivity contribution < 1.29 is 14.5 Å². The number of rotatable bonds is 6. The van der Waals surface area contributed by atoms with Gasteiger partial charge in [-0.3, -0.25) is 19.7 Å². The van der Waals surface area contributed by atoms with Gasteiger partial charge in [-0.25, -0.2) is 0 Å².